The van der Waals surface area contributed by atoms with E-state index in [4.69, 9.17) is 9.15 Å². The van der Waals surface area contributed by atoms with E-state index in [9.17, 15) is 9.59 Å². The molecule has 23 heavy (non-hydrogen) atoms. The lowest BCUT2D eigenvalue weighted by molar-refractivity contribution is 0.0603. The van der Waals surface area contributed by atoms with E-state index in [2.05, 4.69) is 13.2 Å². The third-order valence-corrected chi connectivity index (χ3v) is 3.76. The highest BCUT2D eigenvalue weighted by atomic mass is 16.5. The number of hydrogen-bond acceptors (Lipinski definition) is 4. The smallest absolute Gasteiger partial charge is 0.338 e. The molecule has 1 aromatic heterocycles. The summed E-state index contributed by atoms with van der Waals surface area (Å²) in [7, 11) is 1.31. The van der Waals surface area contributed by atoms with Gasteiger partial charge in [-0.15, -0.1) is 0 Å². The minimum atomic E-state index is -0.504. The molecule has 0 aliphatic rings. The Kier molecular flexibility index (Phi) is 3.58. The average Bonchev–Trinajstić information content (AvgIpc) is 2.59. The zero-order chi connectivity index (χ0) is 16.6. The molecule has 0 fully saturated rings. The van der Waals surface area contributed by atoms with Gasteiger partial charge in [0.05, 0.1) is 23.6 Å². The molecule has 0 saturated carbocycles. The normalized spacial score (nSPS) is 10.7. The van der Waals surface area contributed by atoms with Crippen LogP contribution in [0.4, 0.5) is 0 Å². The van der Waals surface area contributed by atoms with Crippen LogP contribution in [-0.2, 0) is 4.74 Å². The van der Waals surface area contributed by atoms with Gasteiger partial charge < -0.3 is 9.15 Å². The molecule has 2 aromatic carbocycles. The molecule has 0 amide bonds. The van der Waals surface area contributed by atoms with Gasteiger partial charge in [-0.3, -0.25) is 4.79 Å². The van der Waals surface area contributed by atoms with Gasteiger partial charge >= 0.3 is 5.97 Å². The maximum absolute atomic E-state index is 12.9. The second-order valence-corrected chi connectivity index (χ2v) is 4.95. The number of rotatable bonds is 3. The SMILES string of the molecule is C=Cc1oc2ccc3cccc(C(=O)OC)c3c2c(=O)c1C=C. The van der Waals surface area contributed by atoms with Crippen LogP contribution >= 0.6 is 0 Å². The number of benzene rings is 2. The quantitative estimate of drug-likeness (QED) is 0.542. The number of ether oxygens (including phenoxy) is 1. The summed E-state index contributed by atoms with van der Waals surface area (Å²) in [4.78, 5) is 25.0. The summed E-state index contributed by atoms with van der Waals surface area (Å²) >= 11 is 0. The van der Waals surface area contributed by atoms with Crippen molar-refractivity contribution in [2.75, 3.05) is 7.11 Å². The lowest BCUT2D eigenvalue weighted by Gasteiger charge is -2.09. The van der Waals surface area contributed by atoms with Gasteiger partial charge in [-0.2, -0.15) is 0 Å². The van der Waals surface area contributed by atoms with E-state index in [1.54, 1.807) is 24.3 Å². The lowest BCUT2D eigenvalue weighted by atomic mass is 9.98. The monoisotopic (exact) mass is 306 g/mol. The van der Waals surface area contributed by atoms with Gasteiger partial charge in [-0.25, -0.2) is 4.79 Å². The van der Waals surface area contributed by atoms with Gasteiger partial charge in [-0.1, -0.05) is 37.4 Å². The molecule has 0 atom stereocenters. The van der Waals surface area contributed by atoms with E-state index in [-0.39, 0.29) is 5.43 Å². The van der Waals surface area contributed by atoms with E-state index in [1.807, 2.05) is 6.07 Å². The van der Waals surface area contributed by atoms with Crippen LogP contribution in [0.2, 0.25) is 0 Å². The Balaban J connectivity index is 2.62. The molecular weight excluding hydrogens is 292 g/mol. The van der Waals surface area contributed by atoms with Crippen LogP contribution in [0.25, 0.3) is 33.9 Å². The van der Waals surface area contributed by atoms with E-state index < -0.39 is 5.97 Å². The Morgan fingerprint density at radius 2 is 1.91 bits per heavy atom. The number of fused-ring (bicyclic) bond motifs is 3. The maximum Gasteiger partial charge on any atom is 0.338 e. The fourth-order valence-corrected chi connectivity index (χ4v) is 2.72. The van der Waals surface area contributed by atoms with E-state index in [0.29, 0.717) is 33.2 Å². The Bertz CT molecular complexity index is 1020. The molecule has 0 aliphatic carbocycles. The molecule has 0 N–H and O–H groups in total. The second kappa shape index (κ2) is 5.57. The highest BCUT2D eigenvalue weighted by Crippen LogP contribution is 2.28. The van der Waals surface area contributed by atoms with Crippen molar-refractivity contribution in [2.24, 2.45) is 0 Å². The van der Waals surface area contributed by atoms with Gasteiger partial charge in [-0.05, 0) is 23.6 Å². The molecule has 0 aliphatic heterocycles. The summed E-state index contributed by atoms with van der Waals surface area (Å²) in [5, 5.41) is 1.61. The fraction of sp³-hybridized carbons (Fsp3) is 0.0526. The third kappa shape index (κ3) is 2.16. The highest BCUT2D eigenvalue weighted by Gasteiger charge is 2.18. The van der Waals surface area contributed by atoms with Crippen LogP contribution in [0.5, 0.6) is 0 Å². The molecular formula is C19H14O4. The molecule has 0 unspecified atom stereocenters. The zero-order valence-electron chi connectivity index (χ0n) is 12.6. The van der Waals surface area contributed by atoms with E-state index in [1.165, 1.54) is 19.3 Å². The van der Waals surface area contributed by atoms with Crippen LogP contribution in [0, 0.1) is 0 Å². The topological polar surface area (TPSA) is 56.5 Å². The first-order valence-corrected chi connectivity index (χ1v) is 6.98. The van der Waals surface area contributed by atoms with Crippen LogP contribution < -0.4 is 5.43 Å². The van der Waals surface area contributed by atoms with Crippen LogP contribution in [0.3, 0.4) is 0 Å². The summed E-state index contributed by atoms with van der Waals surface area (Å²) in [6.45, 7) is 7.32. The fourth-order valence-electron chi connectivity index (χ4n) is 2.72. The Hall–Kier alpha value is -3.14. The van der Waals surface area contributed by atoms with Crippen molar-refractivity contribution in [1.29, 1.82) is 0 Å². The minimum Gasteiger partial charge on any atom is -0.465 e. The molecule has 0 radical (unpaired) electrons. The van der Waals surface area contributed by atoms with E-state index in [0.717, 1.165) is 5.39 Å². The van der Waals surface area contributed by atoms with Crippen LogP contribution in [0.1, 0.15) is 21.7 Å². The molecule has 0 saturated heterocycles. The molecule has 1 heterocycles. The summed E-state index contributed by atoms with van der Waals surface area (Å²) in [6, 6.07) is 8.71. The van der Waals surface area contributed by atoms with Gasteiger partial charge in [0.15, 0.2) is 0 Å². The van der Waals surface area contributed by atoms with Crippen molar-refractivity contribution in [3.05, 3.63) is 70.6 Å². The average molecular weight is 306 g/mol. The Morgan fingerprint density at radius 1 is 1.13 bits per heavy atom. The summed E-state index contributed by atoms with van der Waals surface area (Å²) in [5.74, 6) is -0.150. The van der Waals surface area contributed by atoms with Crippen molar-refractivity contribution < 1.29 is 13.9 Å². The van der Waals surface area contributed by atoms with Gasteiger partial charge in [0, 0.05) is 5.39 Å². The molecule has 0 bridgehead atoms. The van der Waals surface area contributed by atoms with Gasteiger partial charge in [0.25, 0.3) is 0 Å². The van der Waals surface area contributed by atoms with E-state index >= 15 is 0 Å². The molecule has 4 heteroatoms. The van der Waals surface area contributed by atoms with Gasteiger partial charge in [0.1, 0.15) is 11.3 Å². The van der Waals surface area contributed by atoms with Crippen molar-refractivity contribution in [1.82, 2.24) is 0 Å². The maximum atomic E-state index is 12.9. The number of hydrogen-bond donors (Lipinski definition) is 0. The lowest BCUT2D eigenvalue weighted by Crippen LogP contribution is -2.10. The van der Waals surface area contributed by atoms with Crippen molar-refractivity contribution in [3.8, 4) is 0 Å². The first-order chi connectivity index (χ1) is 11.1. The van der Waals surface area contributed by atoms with Crippen molar-refractivity contribution in [2.45, 2.75) is 0 Å². The van der Waals surface area contributed by atoms with Crippen LogP contribution in [0.15, 0.2) is 52.7 Å². The summed E-state index contributed by atoms with van der Waals surface area (Å²) in [5.41, 5.74) is 0.779. The predicted molar refractivity (Wildman–Crippen MR) is 91.5 cm³/mol. The first-order valence-electron chi connectivity index (χ1n) is 6.98. The summed E-state index contributed by atoms with van der Waals surface area (Å²) < 4.78 is 10.6. The van der Waals surface area contributed by atoms with Crippen molar-refractivity contribution >= 4 is 39.9 Å². The standard InChI is InChI=1S/C19H14O4/c1-4-12-14(5-2)23-15-10-9-11-7-6-8-13(19(21)22-3)16(11)17(15)18(12)20/h4-10H,1-2H2,3H3. The molecule has 114 valence electrons. The minimum absolute atomic E-state index is 0.252. The molecule has 4 nitrogen and oxygen atoms in total. The highest BCUT2D eigenvalue weighted by molar-refractivity contribution is 6.15. The summed E-state index contributed by atoms with van der Waals surface area (Å²) in [6.07, 6.45) is 2.90. The number of methoxy groups -OCH3 is 1. The first kappa shape index (κ1) is 14.8. The third-order valence-electron chi connectivity index (χ3n) is 3.76. The largest absolute Gasteiger partial charge is 0.465 e. The second-order valence-electron chi connectivity index (χ2n) is 4.95. The number of esters is 1. The number of carbonyl (C=O) groups is 1. The molecule has 3 aromatic rings. The van der Waals surface area contributed by atoms with Crippen LogP contribution in [-0.4, -0.2) is 13.1 Å². The number of carbonyl (C=O) groups excluding carboxylic acids is 1. The van der Waals surface area contributed by atoms with Gasteiger partial charge in [0.2, 0.25) is 5.43 Å². The Labute approximate surface area is 132 Å². The van der Waals surface area contributed by atoms with Crippen molar-refractivity contribution in [3.63, 3.8) is 0 Å². The Morgan fingerprint density at radius 3 is 2.57 bits per heavy atom. The molecule has 0 spiro atoms. The zero-order valence-corrected chi connectivity index (χ0v) is 12.6. The predicted octanol–water partition coefficient (Wildman–Crippen LogP) is 4.02. The molecule has 3 rings (SSSR count).